The van der Waals surface area contributed by atoms with Crippen molar-refractivity contribution >= 4 is 11.0 Å². The number of hydrogen-bond acceptors (Lipinski definition) is 2. The van der Waals surface area contributed by atoms with Crippen molar-refractivity contribution in [1.29, 1.82) is 0 Å². The zero-order chi connectivity index (χ0) is 10.7. The molecule has 0 aliphatic rings. The van der Waals surface area contributed by atoms with Crippen LogP contribution in [0.4, 0.5) is 0 Å². The van der Waals surface area contributed by atoms with Gasteiger partial charge in [-0.1, -0.05) is 31.5 Å². The lowest BCUT2D eigenvalue weighted by molar-refractivity contribution is 0.455. The largest absolute Gasteiger partial charge is 0.356 e. The molecule has 2 aromatic rings. The van der Waals surface area contributed by atoms with Crippen LogP contribution in [0.25, 0.3) is 11.0 Å². The molecule has 0 spiro atoms. The Morgan fingerprint density at radius 2 is 2.20 bits per heavy atom. The molecule has 0 amide bonds. The summed E-state index contributed by atoms with van der Waals surface area (Å²) in [6, 6.07) is 6.43. The summed E-state index contributed by atoms with van der Waals surface area (Å²) in [4.78, 5) is 0. The van der Waals surface area contributed by atoms with Gasteiger partial charge < -0.3 is 4.52 Å². The zero-order valence-corrected chi connectivity index (χ0v) is 9.36. The summed E-state index contributed by atoms with van der Waals surface area (Å²) in [7, 11) is 0. The van der Waals surface area contributed by atoms with Crippen molar-refractivity contribution in [2.45, 2.75) is 39.0 Å². The number of nitrogens with zero attached hydrogens (tertiary/aromatic N) is 1. The van der Waals surface area contributed by atoms with Gasteiger partial charge in [-0.05, 0) is 36.5 Å². The summed E-state index contributed by atoms with van der Waals surface area (Å²) in [5, 5.41) is 4.89. The lowest BCUT2D eigenvalue weighted by atomic mass is 9.92. The number of fused-ring (bicyclic) bond motifs is 1. The highest BCUT2D eigenvalue weighted by atomic mass is 16.5. The Morgan fingerprint density at radius 3 is 2.93 bits per heavy atom. The van der Waals surface area contributed by atoms with E-state index in [-0.39, 0.29) is 0 Å². The molecule has 1 heterocycles. The van der Waals surface area contributed by atoms with Gasteiger partial charge >= 0.3 is 0 Å². The van der Waals surface area contributed by atoms with Crippen molar-refractivity contribution in [1.82, 2.24) is 5.16 Å². The van der Waals surface area contributed by atoms with E-state index < -0.39 is 0 Å². The lowest BCUT2D eigenvalue weighted by Gasteiger charge is -2.13. The third kappa shape index (κ3) is 2.04. The van der Waals surface area contributed by atoms with E-state index in [9.17, 15) is 0 Å². The standard InChI is InChI=1S/C13H17NO/c1-3-5-10(4-2)11-6-7-12-9-14-15-13(12)8-11/h6-10H,3-5H2,1-2H3. The Hall–Kier alpha value is -1.31. The van der Waals surface area contributed by atoms with Crippen LogP contribution in [0.5, 0.6) is 0 Å². The molecule has 1 unspecified atom stereocenters. The van der Waals surface area contributed by atoms with Crippen molar-refractivity contribution in [2.24, 2.45) is 0 Å². The molecule has 2 nitrogen and oxygen atoms in total. The molecule has 2 rings (SSSR count). The Labute approximate surface area is 90.3 Å². The van der Waals surface area contributed by atoms with E-state index in [2.05, 4.69) is 37.2 Å². The van der Waals surface area contributed by atoms with Gasteiger partial charge in [0, 0.05) is 5.39 Å². The fourth-order valence-electron chi connectivity index (χ4n) is 2.09. The first-order chi connectivity index (χ1) is 7.35. The van der Waals surface area contributed by atoms with Gasteiger partial charge in [0.2, 0.25) is 0 Å². The average Bonchev–Trinajstić information content (AvgIpc) is 2.72. The molecular formula is C13H17NO. The number of aromatic nitrogens is 1. The molecule has 1 atom stereocenters. The molecule has 15 heavy (non-hydrogen) atoms. The van der Waals surface area contributed by atoms with E-state index in [0.29, 0.717) is 5.92 Å². The van der Waals surface area contributed by atoms with Gasteiger partial charge in [0.1, 0.15) is 0 Å². The minimum absolute atomic E-state index is 0.657. The Balaban J connectivity index is 2.33. The summed E-state index contributed by atoms with van der Waals surface area (Å²) in [5.41, 5.74) is 2.28. The molecule has 0 fully saturated rings. The second kappa shape index (κ2) is 4.47. The van der Waals surface area contributed by atoms with Crippen LogP contribution in [0.1, 0.15) is 44.6 Å². The van der Waals surface area contributed by atoms with Crippen LogP contribution in [0, 0.1) is 0 Å². The van der Waals surface area contributed by atoms with E-state index in [0.717, 1.165) is 11.0 Å². The van der Waals surface area contributed by atoms with E-state index in [1.807, 2.05) is 0 Å². The summed E-state index contributed by atoms with van der Waals surface area (Å²) in [5.74, 6) is 0.657. The van der Waals surface area contributed by atoms with Crippen molar-refractivity contribution in [3.63, 3.8) is 0 Å². The Bertz CT molecular complexity index is 433. The maximum atomic E-state index is 5.18. The molecule has 1 aromatic heterocycles. The third-order valence-corrected chi connectivity index (χ3v) is 2.98. The molecule has 0 saturated heterocycles. The summed E-state index contributed by atoms with van der Waals surface area (Å²) in [6.07, 6.45) is 5.43. The predicted molar refractivity (Wildman–Crippen MR) is 61.9 cm³/mol. The van der Waals surface area contributed by atoms with Crippen LogP contribution in [0.15, 0.2) is 28.9 Å². The summed E-state index contributed by atoms with van der Waals surface area (Å²) in [6.45, 7) is 4.47. The minimum atomic E-state index is 0.657. The van der Waals surface area contributed by atoms with E-state index in [1.165, 1.54) is 24.8 Å². The van der Waals surface area contributed by atoms with Gasteiger partial charge in [-0.25, -0.2) is 0 Å². The van der Waals surface area contributed by atoms with Crippen molar-refractivity contribution < 1.29 is 4.52 Å². The molecule has 0 saturated carbocycles. The predicted octanol–water partition coefficient (Wildman–Crippen LogP) is 4.12. The molecule has 0 N–H and O–H groups in total. The first kappa shape index (κ1) is 10.2. The maximum absolute atomic E-state index is 5.18. The van der Waals surface area contributed by atoms with Gasteiger partial charge in [0.05, 0.1) is 6.20 Å². The first-order valence-corrected chi connectivity index (χ1v) is 5.69. The van der Waals surface area contributed by atoms with Crippen LogP contribution in [-0.2, 0) is 0 Å². The number of rotatable bonds is 4. The summed E-state index contributed by atoms with van der Waals surface area (Å²) < 4.78 is 5.18. The van der Waals surface area contributed by atoms with Gasteiger partial charge in [-0.2, -0.15) is 0 Å². The van der Waals surface area contributed by atoms with Crippen LogP contribution < -0.4 is 0 Å². The molecule has 0 aliphatic carbocycles. The molecule has 2 heteroatoms. The van der Waals surface area contributed by atoms with Crippen molar-refractivity contribution in [3.8, 4) is 0 Å². The number of hydrogen-bond donors (Lipinski definition) is 0. The highest BCUT2D eigenvalue weighted by Gasteiger charge is 2.09. The average molecular weight is 203 g/mol. The first-order valence-electron chi connectivity index (χ1n) is 5.69. The van der Waals surface area contributed by atoms with Crippen LogP contribution in [0.3, 0.4) is 0 Å². The molecule has 0 radical (unpaired) electrons. The van der Waals surface area contributed by atoms with Crippen LogP contribution in [-0.4, -0.2) is 5.16 Å². The second-order valence-electron chi connectivity index (χ2n) is 4.02. The fraction of sp³-hybridized carbons (Fsp3) is 0.462. The lowest BCUT2D eigenvalue weighted by Crippen LogP contribution is -1.96. The second-order valence-corrected chi connectivity index (χ2v) is 4.02. The van der Waals surface area contributed by atoms with Gasteiger partial charge in [-0.15, -0.1) is 0 Å². The summed E-state index contributed by atoms with van der Waals surface area (Å²) >= 11 is 0. The third-order valence-electron chi connectivity index (χ3n) is 2.98. The molecule has 0 bridgehead atoms. The van der Waals surface area contributed by atoms with Gasteiger partial charge in [-0.3, -0.25) is 0 Å². The highest BCUT2D eigenvalue weighted by molar-refractivity contribution is 5.76. The SMILES string of the molecule is CCCC(CC)c1ccc2cnoc2c1. The molecule has 0 aliphatic heterocycles. The van der Waals surface area contributed by atoms with Crippen molar-refractivity contribution in [2.75, 3.05) is 0 Å². The van der Waals surface area contributed by atoms with Crippen molar-refractivity contribution in [3.05, 3.63) is 30.0 Å². The highest BCUT2D eigenvalue weighted by Crippen LogP contribution is 2.27. The van der Waals surface area contributed by atoms with Gasteiger partial charge in [0.15, 0.2) is 5.58 Å². The van der Waals surface area contributed by atoms with Gasteiger partial charge in [0.25, 0.3) is 0 Å². The van der Waals surface area contributed by atoms with E-state index >= 15 is 0 Å². The molecule has 80 valence electrons. The fourth-order valence-corrected chi connectivity index (χ4v) is 2.09. The molecular weight excluding hydrogens is 186 g/mol. The van der Waals surface area contributed by atoms with Crippen LogP contribution in [0.2, 0.25) is 0 Å². The monoisotopic (exact) mass is 203 g/mol. The maximum Gasteiger partial charge on any atom is 0.167 e. The Morgan fingerprint density at radius 1 is 1.33 bits per heavy atom. The van der Waals surface area contributed by atoms with E-state index in [4.69, 9.17) is 4.52 Å². The van der Waals surface area contributed by atoms with E-state index in [1.54, 1.807) is 6.20 Å². The normalized spacial score (nSPS) is 13.2. The molecule has 1 aromatic carbocycles. The minimum Gasteiger partial charge on any atom is -0.356 e. The number of benzene rings is 1. The Kier molecular flexibility index (Phi) is 3.05. The topological polar surface area (TPSA) is 26.0 Å². The zero-order valence-electron chi connectivity index (χ0n) is 9.36. The smallest absolute Gasteiger partial charge is 0.167 e. The van der Waals surface area contributed by atoms with Crippen LogP contribution >= 0.6 is 0 Å². The quantitative estimate of drug-likeness (QED) is 0.747.